The van der Waals surface area contributed by atoms with Crippen molar-refractivity contribution in [2.75, 3.05) is 0 Å². The summed E-state index contributed by atoms with van der Waals surface area (Å²) in [6.45, 7) is 10.3. The third-order valence-corrected chi connectivity index (χ3v) is 3.82. The highest BCUT2D eigenvalue weighted by atomic mass is 35.5. The van der Waals surface area contributed by atoms with E-state index in [0.717, 1.165) is 42.3 Å². The van der Waals surface area contributed by atoms with Crippen LogP contribution >= 0.6 is 11.6 Å². The van der Waals surface area contributed by atoms with E-state index in [4.69, 9.17) is 11.6 Å². The maximum Gasteiger partial charge on any atom is 0.0863 e. The van der Waals surface area contributed by atoms with Gasteiger partial charge in [-0.3, -0.25) is 4.68 Å². The second-order valence-electron chi connectivity index (χ2n) is 4.65. The van der Waals surface area contributed by atoms with Crippen molar-refractivity contribution in [2.24, 2.45) is 0 Å². The predicted molar refractivity (Wildman–Crippen MR) is 78.1 cm³/mol. The van der Waals surface area contributed by atoms with Gasteiger partial charge >= 0.3 is 0 Å². The van der Waals surface area contributed by atoms with Crippen LogP contribution in [0.5, 0.6) is 0 Å². The highest BCUT2D eigenvalue weighted by Gasteiger charge is 2.15. The Balaban J connectivity index is 2.73. The van der Waals surface area contributed by atoms with Crippen molar-refractivity contribution in [2.45, 2.75) is 72.5 Å². The van der Waals surface area contributed by atoms with E-state index in [1.807, 2.05) is 4.68 Å². The molecule has 18 heavy (non-hydrogen) atoms. The van der Waals surface area contributed by atoms with Crippen LogP contribution in [0.3, 0.4) is 0 Å². The van der Waals surface area contributed by atoms with Gasteiger partial charge in [-0.15, -0.1) is 0 Å². The van der Waals surface area contributed by atoms with Crippen molar-refractivity contribution >= 4 is 11.6 Å². The molecule has 1 heterocycles. The minimum atomic E-state index is 0.580. The molecule has 0 radical (unpaired) electrons. The van der Waals surface area contributed by atoms with E-state index in [2.05, 4.69) is 38.1 Å². The molecule has 104 valence electrons. The van der Waals surface area contributed by atoms with Crippen LogP contribution in [0.25, 0.3) is 0 Å². The fourth-order valence-electron chi connectivity index (χ4n) is 2.23. The lowest BCUT2D eigenvalue weighted by molar-refractivity contribution is 0.449. The molecule has 0 saturated heterocycles. The van der Waals surface area contributed by atoms with E-state index >= 15 is 0 Å². The van der Waals surface area contributed by atoms with E-state index in [-0.39, 0.29) is 0 Å². The monoisotopic (exact) mass is 271 g/mol. The van der Waals surface area contributed by atoms with Crippen molar-refractivity contribution in [3.63, 3.8) is 0 Å². The maximum atomic E-state index is 6.39. The van der Waals surface area contributed by atoms with Gasteiger partial charge in [-0.1, -0.05) is 38.8 Å². The normalized spacial score (nSPS) is 12.9. The van der Waals surface area contributed by atoms with Crippen molar-refractivity contribution in [3.05, 3.63) is 16.4 Å². The van der Waals surface area contributed by atoms with Gasteiger partial charge in [-0.2, -0.15) is 5.10 Å². The van der Waals surface area contributed by atoms with Crippen molar-refractivity contribution < 1.29 is 0 Å². The molecular formula is C14H26ClN3. The first-order chi connectivity index (χ1) is 8.67. The molecule has 1 N–H and O–H groups in total. The van der Waals surface area contributed by atoms with Crippen LogP contribution in [0.4, 0.5) is 0 Å². The van der Waals surface area contributed by atoms with Gasteiger partial charge in [-0.25, -0.2) is 0 Å². The van der Waals surface area contributed by atoms with E-state index in [1.54, 1.807) is 0 Å². The first-order valence-corrected chi connectivity index (χ1v) is 7.52. The van der Waals surface area contributed by atoms with Crippen LogP contribution in [0, 0.1) is 0 Å². The average molecular weight is 272 g/mol. The van der Waals surface area contributed by atoms with Crippen LogP contribution in [0.2, 0.25) is 5.02 Å². The second kappa shape index (κ2) is 7.80. The van der Waals surface area contributed by atoms with Crippen LogP contribution in [-0.2, 0) is 19.5 Å². The summed E-state index contributed by atoms with van der Waals surface area (Å²) in [6, 6.07) is 0.580. The molecule has 1 aromatic rings. The molecule has 1 aromatic heterocycles. The van der Waals surface area contributed by atoms with Gasteiger partial charge < -0.3 is 5.32 Å². The van der Waals surface area contributed by atoms with Crippen LogP contribution in [-0.4, -0.2) is 15.8 Å². The third kappa shape index (κ3) is 3.72. The Morgan fingerprint density at radius 3 is 2.50 bits per heavy atom. The Kier molecular flexibility index (Phi) is 6.72. The highest BCUT2D eigenvalue weighted by Crippen LogP contribution is 2.21. The maximum absolute atomic E-state index is 6.39. The molecule has 0 fully saturated rings. The van der Waals surface area contributed by atoms with E-state index in [1.165, 1.54) is 12.8 Å². The third-order valence-electron chi connectivity index (χ3n) is 3.38. The van der Waals surface area contributed by atoms with Crippen LogP contribution < -0.4 is 5.32 Å². The van der Waals surface area contributed by atoms with Crippen molar-refractivity contribution in [3.8, 4) is 0 Å². The van der Waals surface area contributed by atoms with Gasteiger partial charge in [0.15, 0.2) is 0 Å². The molecule has 1 atom stereocenters. The number of rotatable bonds is 8. The topological polar surface area (TPSA) is 29.9 Å². The van der Waals surface area contributed by atoms with Crippen molar-refractivity contribution in [1.29, 1.82) is 0 Å². The zero-order valence-corrected chi connectivity index (χ0v) is 12.8. The molecule has 0 aliphatic rings. The minimum absolute atomic E-state index is 0.580. The zero-order chi connectivity index (χ0) is 13.5. The standard InChI is InChI=1S/C14H26ClN3/c1-5-9-11(6-2)16-10-13-14(15)12(7-3)17-18(13)8-4/h11,16H,5-10H2,1-4H3. The lowest BCUT2D eigenvalue weighted by atomic mass is 10.1. The number of nitrogens with zero attached hydrogens (tertiary/aromatic N) is 2. The summed E-state index contributed by atoms with van der Waals surface area (Å²) >= 11 is 6.39. The van der Waals surface area contributed by atoms with E-state index in [9.17, 15) is 0 Å². The summed E-state index contributed by atoms with van der Waals surface area (Å²) in [6.07, 6.45) is 4.48. The summed E-state index contributed by atoms with van der Waals surface area (Å²) in [5, 5.41) is 8.98. The molecule has 0 aromatic carbocycles. The highest BCUT2D eigenvalue weighted by molar-refractivity contribution is 6.31. The summed E-state index contributed by atoms with van der Waals surface area (Å²) in [4.78, 5) is 0. The Morgan fingerprint density at radius 1 is 1.28 bits per heavy atom. The number of halogens is 1. The summed E-state index contributed by atoms with van der Waals surface area (Å²) in [5.41, 5.74) is 2.14. The van der Waals surface area contributed by atoms with E-state index < -0.39 is 0 Å². The molecule has 1 rings (SSSR count). The summed E-state index contributed by atoms with van der Waals surface area (Å²) in [5.74, 6) is 0. The molecule has 0 aliphatic heterocycles. The lowest BCUT2D eigenvalue weighted by Gasteiger charge is -2.16. The predicted octanol–water partition coefficient (Wildman–Crippen LogP) is 3.79. The molecule has 0 aliphatic carbocycles. The smallest absolute Gasteiger partial charge is 0.0863 e. The van der Waals surface area contributed by atoms with Crippen LogP contribution in [0.1, 0.15) is 58.3 Å². The van der Waals surface area contributed by atoms with Gasteiger partial charge in [0.2, 0.25) is 0 Å². The fourth-order valence-corrected chi connectivity index (χ4v) is 2.56. The largest absolute Gasteiger partial charge is 0.308 e. The number of nitrogens with one attached hydrogen (secondary N) is 1. The molecule has 3 nitrogen and oxygen atoms in total. The lowest BCUT2D eigenvalue weighted by Crippen LogP contribution is -2.28. The number of hydrogen-bond acceptors (Lipinski definition) is 2. The molecule has 4 heteroatoms. The molecule has 0 bridgehead atoms. The quantitative estimate of drug-likeness (QED) is 0.780. The van der Waals surface area contributed by atoms with Gasteiger partial charge in [0, 0.05) is 19.1 Å². The van der Waals surface area contributed by atoms with E-state index in [0.29, 0.717) is 6.04 Å². The van der Waals surface area contributed by atoms with Gasteiger partial charge in [0.1, 0.15) is 0 Å². The summed E-state index contributed by atoms with van der Waals surface area (Å²) in [7, 11) is 0. The SMILES string of the molecule is CCCC(CC)NCc1c(Cl)c(CC)nn1CC. The fraction of sp³-hybridized carbons (Fsp3) is 0.786. The van der Waals surface area contributed by atoms with Gasteiger partial charge in [0.05, 0.1) is 16.4 Å². The average Bonchev–Trinajstić information content (AvgIpc) is 2.70. The summed E-state index contributed by atoms with van der Waals surface area (Å²) < 4.78 is 2.02. The Morgan fingerprint density at radius 2 is 2.00 bits per heavy atom. The number of hydrogen-bond donors (Lipinski definition) is 1. The zero-order valence-electron chi connectivity index (χ0n) is 12.1. The number of aryl methyl sites for hydroxylation is 2. The van der Waals surface area contributed by atoms with Gasteiger partial charge in [0.25, 0.3) is 0 Å². The molecule has 0 saturated carbocycles. The number of aromatic nitrogens is 2. The first-order valence-electron chi connectivity index (χ1n) is 7.15. The minimum Gasteiger partial charge on any atom is -0.308 e. The van der Waals surface area contributed by atoms with Crippen molar-refractivity contribution in [1.82, 2.24) is 15.1 Å². The Hall–Kier alpha value is -0.540. The first kappa shape index (κ1) is 15.5. The molecular weight excluding hydrogens is 246 g/mol. The Labute approximate surface area is 116 Å². The van der Waals surface area contributed by atoms with Gasteiger partial charge in [-0.05, 0) is 26.2 Å². The van der Waals surface area contributed by atoms with Crippen LogP contribution in [0.15, 0.2) is 0 Å². The molecule has 0 spiro atoms. The molecule has 1 unspecified atom stereocenters. The second-order valence-corrected chi connectivity index (χ2v) is 5.03. The Bertz CT molecular complexity index is 360. The molecule has 0 amide bonds.